The number of allylic oxidation sites excluding steroid dienone is 4. The van der Waals surface area contributed by atoms with Crippen molar-refractivity contribution in [1.29, 1.82) is 0 Å². The van der Waals surface area contributed by atoms with Crippen LogP contribution in [0, 0.1) is 0 Å². The van der Waals surface area contributed by atoms with E-state index in [-0.39, 0.29) is 21.1 Å². The Bertz CT molecular complexity index is 463. The van der Waals surface area contributed by atoms with Crippen molar-refractivity contribution in [3.63, 3.8) is 0 Å². The third-order valence-electron chi connectivity index (χ3n) is 3.21. The summed E-state index contributed by atoms with van der Waals surface area (Å²) in [4.78, 5) is 0. The van der Waals surface area contributed by atoms with Crippen molar-refractivity contribution in [1.82, 2.24) is 0 Å². The Morgan fingerprint density at radius 1 is 0.429 bits per heavy atom. The molecule has 3 rings (SSSR count). The van der Waals surface area contributed by atoms with E-state index in [0.29, 0.717) is 0 Å². The van der Waals surface area contributed by atoms with Crippen molar-refractivity contribution >= 4 is 0 Å². The van der Waals surface area contributed by atoms with Crippen molar-refractivity contribution < 1.29 is 21.1 Å². The number of benzene rings is 2. The van der Waals surface area contributed by atoms with E-state index in [4.69, 9.17) is 0 Å². The summed E-state index contributed by atoms with van der Waals surface area (Å²) in [6.07, 6.45) is 14.0. The van der Waals surface area contributed by atoms with Crippen molar-refractivity contribution in [3.05, 3.63) is 85.0 Å². The largest absolute Gasteiger partial charge is 0.0882 e. The van der Waals surface area contributed by atoms with E-state index in [9.17, 15) is 0 Å². The van der Waals surface area contributed by atoms with Gasteiger partial charge in [0.05, 0.1) is 0 Å². The molecule has 1 aliphatic carbocycles. The second kappa shape index (κ2) is 11.3. The van der Waals surface area contributed by atoms with Gasteiger partial charge in [-0.3, -0.25) is 0 Å². The van der Waals surface area contributed by atoms with Gasteiger partial charge in [0.1, 0.15) is 0 Å². The van der Waals surface area contributed by atoms with Gasteiger partial charge in [0.15, 0.2) is 0 Å². The van der Waals surface area contributed by atoms with E-state index in [1.165, 1.54) is 36.8 Å². The fraction of sp³-hybridized carbons (Fsp3) is 0.200. The zero-order valence-corrected chi connectivity index (χ0v) is 14.5. The first kappa shape index (κ1) is 17.7. The molecule has 0 amide bonds. The van der Waals surface area contributed by atoms with Crippen LogP contribution >= 0.6 is 0 Å². The summed E-state index contributed by atoms with van der Waals surface area (Å²) in [6.45, 7) is 0. The van der Waals surface area contributed by atoms with Crippen molar-refractivity contribution in [2.75, 3.05) is 0 Å². The molecule has 0 heterocycles. The van der Waals surface area contributed by atoms with Gasteiger partial charge >= 0.3 is 0 Å². The Labute approximate surface area is 142 Å². The fourth-order valence-electron chi connectivity index (χ4n) is 2.12. The van der Waals surface area contributed by atoms with Crippen molar-refractivity contribution in [3.8, 4) is 11.1 Å². The molecule has 0 nitrogen and oxygen atoms in total. The smallest absolute Gasteiger partial charge is 0 e. The molecule has 112 valence electrons. The minimum absolute atomic E-state index is 0. The van der Waals surface area contributed by atoms with E-state index in [1.807, 2.05) is 12.1 Å². The van der Waals surface area contributed by atoms with Gasteiger partial charge in [-0.05, 0) is 36.8 Å². The van der Waals surface area contributed by atoms with Crippen LogP contribution in [0.2, 0.25) is 0 Å². The molecule has 0 aromatic heterocycles. The third kappa shape index (κ3) is 7.25. The molecular formula is C20H22Pt. The maximum absolute atomic E-state index is 2.27. The van der Waals surface area contributed by atoms with Crippen LogP contribution in [0.1, 0.15) is 25.7 Å². The Balaban J connectivity index is 0.000000216. The first-order chi connectivity index (χ1) is 9.97. The van der Waals surface area contributed by atoms with Gasteiger partial charge in [-0.15, -0.1) is 0 Å². The van der Waals surface area contributed by atoms with Gasteiger partial charge in [-0.2, -0.15) is 0 Å². The van der Waals surface area contributed by atoms with Crippen LogP contribution in [0.25, 0.3) is 11.1 Å². The van der Waals surface area contributed by atoms with Gasteiger partial charge in [0, 0.05) is 21.1 Å². The summed E-state index contributed by atoms with van der Waals surface area (Å²) in [5, 5.41) is 0. The Hall–Kier alpha value is -1.39. The first-order valence-corrected chi connectivity index (χ1v) is 7.37. The summed E-state index contributed by atoms with van der Waals surface area (Å²) in [7, 11) is 0. The van der Waals surface area contributed by atoms with Crippen LogP contribution in [0.3, 0.4) is 0 Å². The van der Waals surface area contributed by atoms with Crippen LogP contribution in [0.15, 0.2) is 85.0 Å². The number of hydrogen-bond acceptors (Lipinski definition) is 0. The van der Waals surface area contributed by atoms with Gasteiger partial charge in [-0.1, -0.05) is 85.0 Å². The Kier molecular flexibility index (Phi) is 9.49. The maximum Gasteiger partial charge on any atom is 0 e. The molecule has 0 N–H and O–H groups in total. The standard InChI is InChI=1S/C12H10.C8H12.Pt/c1-3-7-11(8-4-1)12-9-5-2-6-10-12;1-2-4-6-8-7-5-3-1;/h1-10H;1-2,7-8H,3-6H2;/b;2-1-,8-7-;. The van der Waals surface area contributed by atoms with Gasteiger partial charge in [0.25, 0.3) is 0 Å². The van der Waals surface area contributed by atoms with E-state index >= 15 is 0 Å². The molecule has 0 aliphatic heterocycles. The molecule has 1 aliphatic rings. The third-order valence-corrected chi connectivity index (χ3v) is 3.21. The second-order valence-corrected chi connectivity index (χ2v) is 4.83. The molecule has 0 atom stereocenters. The van der Waals surface area contributed by atoms with E-state index in [1.54, 1.807) is 0 Å². The van der Waals surface area contributed by atoms with E-state index in [0.717, 1.165) is 0 Å². The Morgan fingerprint density at radius 3 is 1.00 bits per heavy atom. The predicted molar refractivity (Wildman–Crippen MR) is 88.6 cm³/mol. The van der Waals surface area contributed by atoms with Gasteiger partial charge in [0.2, 0.25) is 0 Å². The second-order valence-electron chi connectivity index (χ2n) is 4.83. The molecule has 0 saturated heterocycles. The predicted octanol–water partition coefficient (Wildman–Crippen LogP) is 6.02. The van der Waals surface area contributed by atoms with Crippen molar-refractivity contribution in [2.24, 2.45) is 0 Å². The summed E-state index contributed by atoms with van der Waals surface area (Å²) in [5.41, 5.74) is 2.55. The van der Waals surface area contributed by atoms with Gasteiger partial charge < -0.3 is 0 Å². The molecule has 21 heavy (non-hydrogen) atoms. The van der Waals surface area contributed by atoms with Crippen LogP contribution in [-0.4, -0.2) is 0 Å². The van der Waals surface area contributed by atoms with Crippen LogP contribution in [0.4, 0.5) is 0 Å². The molecule has 0 radical (unpaired) electrons. The molecule has 1 heteroatoms. The van der Waals surface area contributed by atoms with E-state index in [2.05, 4.69) is 72.8 Å². The average molecular weight is 457 g/mol. The number of hydrogen-bond donors (Lipinski definition) is 0. The molecule has 2 aromatic carbocycles. The number of rotatable bonds is 1. The monoisotopic (exact) mass is 457 g/mol. The topological polar surface area (TPSA) is 0 Å². The normalized spacial score (nSPS) is 16.2. The van der Waals surface area contributed by atoms with Crippen LogP contribution in [0.5, 0.6) is 0 Å². The molecule has 0 unspecified atom stereocenters. The van der Waals surface area contributed by atoms with Crippen LogP contribution < -0.4 is 0 Å². The minimum Gasteiger partial charge on any atom is -0.0882 e. The molecule has 0 spiro atoms. The molecule has 0 fully saturated rings. The zero-order valence-electron chi connectivity index (χ0n) is 12.2. The molecule has 0 bridgehead atoms. The summed E-state index contributed by atoms with van der Waals surface area (Å²) in [6, 6.07) is 20.8. The van der Waals surface area contributed by atoms with E-state index < -0.39 is 0 Å². The molecule has 2 aromatic rings. The molecular weight excluding hydrogens is 435 g/mol. The quantitative estimate of drug-likeness (QED) is 0.459. The zero-order chi connectivity index (χ0) is 13.9. The summed E-state index contributed by atoms with van der Waals surface area (Å²) >= 11 is 0. The minimum atomic E-state index is 0. The van der Waals surface area contributed by atoms with Gasteiger partial charge in [-0.25, -0.2) is 0 Å². The van der Waals surface area contributed by atoms with Crippen molar-refractivity contribution in [2.45, 2.75) is 25.7 Å². The SMILES string of the molecule is C1=C\CC/C=C\CC/1.[Pt].c1ccc(-c2ccccc2)cc1. The maximum atomic E-state index is 2.27. The first-order valence-electron chi connectivity index (χ1n) is 7.37. The fourth-order valence-corrected chi connectivity index (χ4v) is 2.12. The summed E-state index contributed by atoms with van der Waals surface area (Å²) < 4.78 is 0. The van der Waals surface area contributed by atoms with Crippen LogP contribution in [-0.2, 0) is 21.1 Å². The average Bonchev–Trinajstić information content (AvgIpc) is 2.49. The summed E-state index contributed by atoms with van der Waals surface area (Å²) in [5.74, 6) is 0. The Morgan fingerprint density at radius 2 is 0.714 bits per heavy atom. The molecule has 0 saturated carbocycles.